The van der Waals surface area contributed by atoms with Crippen LogP contribution in [0.5, 0.6) is 5.75 Å². The molecule has 0 heterocycles. The molecule has 74 valence electrons. The lowest BCUT2D eigenvalue weighted by molar-refractivity contribution is 0.370. The van der Waals surface area contributed by atoms with Gasteiger partial charge >= 0.3 is 0 Å². The van der Waals surface area contributed by atoms with Gasteiger partial charge in [0.05, 0.1) is 11.6 Å². The van der Waals surface area contributed by atoms with Gasteiger partial charge < -0.3 is 10.5 Å². The Morgan fingerprint density at radius 3 is 2.71 bits per heavy atom. The molecule has 0 spiro atoms. The first kappa shape index (κ1) is 11.2. The van der Waals surface area contributed by atoms with Gasteiger partial charge in [-0.2, -0.15) is 0 Å². The van der Waals surface area contributed by atoms with Gasteiger partial charge in [-0.3, -0.25) is 0 Å². The van der Waals surface area contributed by atoms with Crippen LogP contribution in [0.15, 0.2) is 18.2 Å². The zero-order valence-corrected chi connectivity index (χ0v) is 8.90. The van der Waals surface area contributed by atoms with Crippen molar-refractivity contribution < 1.29 is 4.74 Å². The third-order valence-electron chi connectivity index (χ3n) is 1.42. The van der Waals surface area contributed by atoms with Gasteiger partial charge in [0.25, 0.3) is 0 Å². The van der Waals surface area contributed by atoms with E-state index in [1.54, 1.807) is 18.2 Å². The van der Waals surface area contributed by atoms with Crippen molar-refractivity contribution in [1.82, 2.24) is 0 Å². The van der Waals surface area contributed by atoms with Crippen molar-refractivity contribution in [2.24, 2.45) is 5.73 Å². The van der Waals surface area contributed by atoms with Gasteiger partial charge in [0.1, 0.15) is 12.4 Å². The average molecular weight is 230 g/mol. The summed E-state index contributed by atoms with van der Waals surface area (Å²) < 4.78 is 5.27. The molecule has 0 saturated heterocycles. The Labute approximate surface area is 93.0 Å². The molecule has 1 aromatic rings. The Bertz CT molecular complexity index is 368. The first-order valence-electron chi connectivity index (χ1n) is 3.97. The first-order valence-corrected chi connectivity index (χ1v) is 4.73. The Kier molecular flexibility index (Phi) is 4.61. The summed E-state index contributed by atoms with van der Waals surface area (Å²) in [6, 6.07) is 5.03. The minimum atomic E-state index is 0.276. The minimum absolute atomic E-state index is 0.276. The van der Waals surface area contributed by atoms with Crippen molar-refractivity contribution in [3.05, 3.63) is 28.2 Å². The van der Waals surface area contributed by atoms with Crippen molar-refractivity contribution in [1.29, 1.82) is 0 Å². The normalized spacial score (nSPS) is 9.07. The second-order valence-electron chi connectivity index (χ2n) is 2.42. The Morgan fingerprint density at radius 2 is 2.07 bits per heavy atom. The summed E-state index contributed by atoms with van der Waals surface area (Å²) in [6.07, 6.45) is 0. The molecule has 1 aromatic carbocycles. The monoisotopic (exact) mass is 229 g/mol. The summed E-state index contributed by atoms with van der Waals surface area (Å²) in [5.41, 5.74) is 5.19. The van der Waals surface area contributed by atoms with Gasteiger partial charge in [-0.1, -0.05) is 35.0 Å². The van der Waals surface area contributed by atoms with E-state index in [-0.39, 0.29) is 6.61 Å². The lowest BCUT2D eigenvalue weighted by atomic mass is 10.3. The van der Waals surface area contributed by atoms with Crippen LogP contribution in [0, 0.1) is 11.8 Å². The molecule has 0 atom stereocenters. The molecular weight excluding hydrogens is 221 g/mol. The van der Waals surface area contributed by atoms with E-state index in [0.717, 1.165) is 0 Å². The van der Waals surface area contributed by atoms with E-state index in [0.29, 0.717) is 22.3 Å². The third kappa shape index (κ3) is 3.47. The molecule has 1 rings (SSSR count). The van der Waals surface area contributed by atoms with Crippen molar-refractivity contribution >= 4 is 23.2 Å². The zero-order chi connectivity index (χ0) is 10.4. The molecule has 2 nitrogen and oxygen atoms in total. The molecule has 0 aliphatic rings. The van der Waals surface area contributed by atoms with Gasteiger partial charge in [0.15, 0.2) is 0 Å². The van der Waals surface area contributed by atoms with E-state index in [1.807, 2.05) is 0 Å². The molecule has 0 amide bonds. The molecule has 0 aliphatic heterocycles. The van der Waals surface area contributed by atoms with Crippen LogP contribution in [0.3, 0.4) is 0 Å². The van der Waals surface area contributed by atoms with Crippen molar-refractivity contribution in [2.75, 3.05) is 13.2 Å². The lowest BCUT2D eigenvalue weighted by Crippen LogP contribution is -1.97. The first-order chi connectivity index (χ1) is 6.74. The van der Waals surface area contributed by atoms with Gasteiger partial charge in [-0.15, -0.1) is 0 Å². The maximum Gasteiger partial charge on any atom is 0.149 e. The number of rotatable bonds is 2. The van der Waals surface area contributed by atoms with Crippen molar-refractivity contribution in [2.45, 2.75) is 0 Å². The summed E-state index contributed by atoms with van der Waals surface area (Å²) in [5, 5.41) is 1.06. The predicted octanol–water partition coefficient (Wildman–Crippen LogP) is 2.33. The van der Waals surface area contributed by atoms with Crippen LogP contribution in [0.2, 0.25) is 10.0 Å². The number of benzene rings is 1. The van der Waals surface area contributed by atoms with E-state index in [9.17, 15) is 0 Å². The molecule has 0 fully saturated rings. The highest BCUT2D eigenvalue weighted by molar-refractivity contribution is 6.35. The molecule has 0 radical (unpaired) electrons. The number of ether oxygens (including phenoxy) is 1. The van der Waals surface area contributed by atoms with Crippen LogP contribution < -0.4 is 10.5 Å². The van der Waals surface area contributed by atoms with Gasteiger partial charge in [0, 0.05) is 5.02 Å². The number of hydrogen-bond donors (Lipinski definition) is 1. The highest BCUT2D eigenvalue weighted by Gasteiger charge is 2.00. The highest BCUT2D eigenvalue weighted by atomic mass is 35.5. The summed E-state index contributed by atoms with van der Waals surface area (Å²) in [6.45, 7) is 0.607. The topological polar surface area (TPSA) is 35.2 Å². The van der Waals surface area contributed by atoms with Crippen LogP contribution in [-0.2, 0) is 0 Å². The van der Waals surface area contributed by atoms with Gasteiger partial charge in [-0.05, 0) is 18.2 Å². The van der Waals surface area contributed by atoms with E-state index in [2.05, 4.69) is 11.8 Å². The second-order valence-corrected chi connectivity index (χ2v) is 3.26. The minimum Gasteiger partial charge on any atom is -0.479 e. The fourth-order valence-corrected chi connectivity index (χ4v) is 1.29. The summed E-state index contributed by atoms with van der Waals surface area (Å²) in [5.74, 6) is 5.99. The average Bonchev–Trinajstić information content (AvgIpc) is 2.15. The molecule has 0 bridgehead atoms. The zero-order valence-electron chi connectivity index (χ0n) is 7.39. The highest BCUT2D eigenvalue weighted by Crippen LogP contribution is 2.27. The van der Waals surface area contributed by atoms with E-state index in [1.165, 1.54) is 0 Å². The number of hydrogen-bond acceptors (Lipinski definition) is 2. The largest absolute Gasteiger partial charge is 0.479 e. The van der Waals surface area contributed by atoms with E-state index < -0.39 is 0 Å². The fraction of sp³-hybridized carbons (Fsp3) is 0.200. The maximum absolute atomic E-state index is 5.86. The SMILES string of the molecule is NCC#CCOc1ccc(Cl)cc1Cl. The Morgan fingerprint density at radius 1 is 1.29 bits per heavy atom. The summed E-state index contributed by atoms with van der Waals surface area (Å²) in [4.78, 5) is 0. The van der Waals surface area contributed by atoms with Gasteiger partial charge in [0.2, 0.25) is 0 Å². The number of nitrogens with two attached hydrogens (primary N) is 1. The molecule has 0 saturated carbocycles. The van der Waals surface area contributed by atoms with Gasteiger partial charge in [-0.25, -0.2) is 0 Å². The molecule has 0 unspecified atom stereocenters. The second kappa shape index (κ2) is 5.77. The van der Waals surface area contributed by atoms with Crippen molar-refractivity contribution in [3.63, 3.8) is 0 Å². The molecule has 0 aliphatic carbocycles. The Hall–Kier alpha value is -0.880. The van der Waals surface area contributed by atoms with Crippen LogP contribution in [-0.4, -0.2) is 13.2 Å². The fourth-order valence-electron chi connectivity index (χ4n) is 0.829. The molecule has 2 N–H and O–H groups in total. The smallest absolute Gasteiger partial charge is 0.149 e. The molecule has 0 aromatic heterocycles. The summed E-state index contributed by atoms with van der Waals surface area (Å²) in [7, 11) is 0. The van der Waals surface area contributed by atoms with Crippen LogP contribution in [0.1, 0.15) is 0 Å². The standard InChI is InChI=1S/C10H9Cl2NO/c11-8-3-4-10(9(12)7-8)14-6-2-1-5-13/h3-4,7H,5-6,13H2. The van der Waals surface area contributed by atoms with Crippen LogP contribution >= 0.6 is 23.2 Å². The Balaban J connectivity index is 2.59. The quantitative estimate of drug-likeness (QED) is 0.791. The third-order valence-corrected chi connectivity index (χ3v) is 1.95. The van der Waals surface area contributed by atoms with E-state index in [4.69, 9.17) is 33.7 Å². The molecule has 14 heavy (non-hydrogen) atoms. The van der Waals surface area contributed by atoms with Crippen LogP contribution in [0.25, 0.3) is 0 Å². The van der Waals surface area contributed by atoms with Crippen LogP contribution in [0.4, 0.5) is 0 Å². The molecule has 4 heteroatoms. The van der Waals surface area contributed by atoms with E-state index >= 15 is 0 Å². The summed E-state index contributed by atoms with van der Waals surface area (Å²) >= 11 is 11.6. The number of halogens is 2. The molecular formula is C10H9Cl2NO. The van der Waals surface area contributed by atoms with Crippen molar-refractivity contribution in [3.8, 4) is 17.6 Å². The maximum atomic E-state index is 5.86. The predicted molar refractivity (Wildman–Crippen MR) is 58.8 cm³/mol. The lowest BCUT2D eigenvalue weighted by Gasteiger charge is -2.03.